The van der Waals surface area contributed by atoms with Crippen LogP contribution in [0.3, 0.4) is 0 Å². The van der Waals surface area contributed by atoms with Crippen molar-refractivity contribution in [2.75, 3.05) is 26.6 Å². The number of nitrogens with one attached hydrogen (secondary N) is 1. The van der Waals surface area contributed by atoms with Crippen molar-refractivity contribution in [3.05, 3.63) is 66.2 Å². The second-order valence-electron chi connectivity index (χ2n) is 8.96. The Morgan fingerprint density at radius 1 is 1.19 bits per heavy atom. The Kier molecular flexibility index (Phi) is 9.32. The van der Waals surface area contributed by atoms with Crippen molar-refractivity contribution >= 4 is 23.5 Å². The summed E-state index contributed by atoms with van der Waals surface area (Å²) in [5.41, 5.74) is 2.24. The van der Waals surface area contributed by atoms with Crippen LogP contribution in [0.15, 0.2) is 54.9 Å². The molecule has 5 rings (SSSR count). The van der Waals surface area contributed by atoms with E-state index in [0.29, 0.717) is 24.5 Å². The Hall–Kier alpha value is -2.35. The molecular formula is C28H33FN2O4S2. The van der Waals surface area contributed by atoms with Crippen LogP contribution in [-0.2, 0) is 4.74 Å². The van der Waals surface area contributed by atoms with Crippen LogP contribution in [0.2, 0.25) is 0 Å². The SMILES string of the molecule is CO.CSC(C)(O)C1NC=CN1C1SC1C#Cc1ccc(-c2ccc(OC3CCOCC3)cc2F)cc1. The first-order chi connectivity index (χ1) is 17.9. The first-order valence-electron chi connectivity index (χ1n) is 12.2. The van der Waals surface area contributed by atoms with Gasteiger partial charge in [-0.2, -0.15) is 0 Å². The van der Waals surface area contributed by atoms with E-state index in [1.807, 2.05) is 55.9 Å². The highest BCUT2D eigenvalue weighted by molar-refractivity contribution is 8.08. The molecule has 4 atom stereocenters. The van der Waals surface area contributed by atoms with Crippen LogP contribution in [0, 0.1) is 17.7 Å². The number of rotatable bonds is 6. The van der Waals surface area contributed by atoms with Gasteiger partial charge in [-0.05, 0) is 43.0 Å². The highest BCUT2D eigenvalue weighted by atomic mass is 32.2. The lowest BCUT2D eigenvalue weighted by molar-refractivity contribution is 0.0255. The Bertz CT molecular complexity index is 1140. The summed E-state index contributed by atoms with van der Waals surface area (Å²) in [6.07, 6.45) is 7.33. The highest BCUT2D eigenvalue weighted by Gasteiger charge is 2.49. The first kappa shape index (κ1) is 27.7. The normalized spacial score (nSPS) is 24.2. The minimum Gasteiger partial charge on any atom is -0.490 e. The monoisotopic (exact) mass is 544 g/mol. The largest absolute Gasteiger partial charge is 0.490 e. The van der Waals surface area contributed by atoms with Crippen LogP contribution in [0.25, 0.3) is 11.1 Å². The molecule has 198 valence electrons. The number of hydrogen-bond acceptors (Lipinski definition) is 8. The van der Waals surface area contributed by atoms with Crippen molar-refractivity contribution in [1.29, 1.82) is 0 Å². The Balaban J connectivity index is 0.00000156. The second kappa shape index (κ2) is 12.5. The third-order valence-corrected chi connectivity index (χ3v) is 8.65. The molecule has 2 aromatic carbocycles. The van der Waals surface area contributed by atoms with E-state index in [1.165, 1.54) is 17.8 Å². The zero-order valence-corrected chi connectivity index (χ0v) is 22.8. The lowest BCUT2D eigenvalue weighted by Gasteiger charge is -2.35. The molecular weight excluding hydrogens is 511 g/mol. The Labute approximate surface area is 226 Å². The standard InChI is InChI=1S/C27H29FN2O3S2.CH4O/c1-27(31,34-2)26-29-13-14-30(26)25-24(35-25)10-5-18-3-6-19(7-4-18)22-9-8-21(17-23(22)28)33-20-11-15-32-16-12-20;1-2/h3-4,6-9,13-14,17,20,24-26,29,31H,11-12,15-16H2,1-2H3;2H,1H3. The summed E-state index contributed by atoms with van der Waals surface area (Å²) >= 11 is 3.19. The van der Waals surface area contributed by atoms with Crippen LogP contribution in [0.5, 0.6) is 5.75 Å². The summed E-state index contributed by atoms with van der Waals surface area (Å²) in [5.74, 6) is 6.83. The van der Waals surface area contributed by atoms with E-state index in [0.717, 1.165) is 31.1 Å². The van der Waals surface area contributed by atoms with Gasteiger partial charge in [-0.15, -0.1) is 23.5 Å². The molecule has 2 fully saturated rings. The van der Waals surface area contributed by atoms with Gasteiger partial charge in [0.15, 0.2) is 0 Å². The molecule has 0 saturated carbocycles. The zero-order valence-electron chi connectivity index (χ0n) is 21.2. The molecule has 3 N–H and O–H groups in total. The van der Waals surface area contributed by atoms with E-state index < -0.39 is 4.93 Å². The van der Waals surface area contributed by atoms with Gasteiger partial charge in [-0.3, -0.25) is 0 Å². The Morgan fingerprint density at radius 2 is 1.92 bits per heavy atom. The predicted molar refractivity (Wildman–Crippen MR) is 149 cm³/mol. The quantitative estimate of drug-likeness (QED) is 0.284. The molecule has 0 spiro atoms. The summed E-state index contributed by atoms with van der Waals surface area (Å²) in [6.45, 7) is 3.20. The summed E-state index contributed by atoms with van der Waals surface area (Å²) < 4.78 is 26.1. The fraction of sp³-hybridized carbons (Fsp3) is 0.429. The second-order valence-corrected chi connectivity index (χ2v) is 11.5. The summed E-state index contributed by atoms with van der Waals surface area (Å²) in [4.78, 5) is 1.24. The van der Waals surface area contributed by atoms with Gasteiger partial charge in [0.25, 0.3) is 0 Å². The molecule has 3 aliphatic rings. The van der Waals surface area contributed by atoms with Crippen LogP contribution < -0.4 is 10.1 Å². The van der Waals surface area contributed by atoms with Crippen LogP contribution in [0.4, 0.5) is 4.39 Å². The molecule has 0 aliphatic carbocycles. The molecule has 0 amide bonds. The molecule has 0 radical (unpaired) electrons. The summed E-state index contributed by atoms with van der Waals surface area (Å²) in [5, 5.41) is 21.3. The van der Waals surface area contributed by atoms with E-state index in [2.05, 4.69) is 22.1 Å². The van der Waals surface area contributed by atoms with Crippen molar-refractivity contribution in [2.24, 2.45) is 0 Å². The van der Waals surface area contributed by atoms with E-state index >= 15 is 0 Å². The smallest absolute Gasteiger partial charge is 0.146 e. The van der Waals surface area contributed by atoms with E-state index in [-0.39, 0.29) is 28.7 Å². The van der Waals surface area contributed by atoms with E-state index in [4.69, 9.17) is 14.6 Å². The van der Waals surface area contributed by atoms with Gasteiger partial charge < -0.3 is 29.9 Å². The van der Waals surface area contributed by atoms with Crippen molar-refractivity contribution in [1.82, 2.24) is 10.2 Å². The Morgan fingerprint density at radius 3 is 2.59 bits per heavy atom. The molecule has 0 bridgehead atoms. The molecule has 9 heteroatoms. The summed E-state index contributed by atoms with van der Waals surface area (Å²) in [7, 11) is 1.00. The number of benzene rings is 2. The van der Waals surface area contributed by atoms with Crippen molar-refractivity contribution < 1.29 is 24.1 Å². The first-order valence-corrected chi connectivity index (χ1v) is 14.4. The number of aliphatic hydroxyl groups is 2. The number of nitrogens with zero attached hydrogens (tertiary/aromatic N) is 1. The van der Waals surface area contributed by atoms with E-state index in [1.54, 1.807) is 17.8 Å². The van der Waals surface area contributed by atoms with Crippen molar-refractivity contribution in [3.63, 3.8) is 0 Å². The van der Waals surface area contributed by atoms with Crippen LogP contribution in [-0.4, -0.2) is 69.5 Å². The number of aliphatic hydroxyl groups excluding tert-OH is 1. The minimum absolute atomic E-state index is 0.0819. The minimum atomic E-state index is -0.898. The van der Waals surface area contributed by atoms with Crippen molar-refractivity contribution in [3.8, 4) is 28.7 Å². The van der Waals surface area contributed by atoms with Gasteiger partial charge >= 0.3 is 0 Å². The van der Waals surface area contributed by atoms with Crippen molar-refractivity contribution in [2.45, 2.75) is 47.6 Å². The number of thioether (sulfide) groups is 2. The van der Waals surface area contributed by atoms with E-state index in [9.17, 15) is 9.50 Å². The number of hydrogen-bond donors (Lipinski definition) is 3. The molecule has 6 nitrogen and oxygen atoms in total. The number of ether oxygens (including phenoxy) is 2. The molecule has 0 aromatic heterocycles. The highest BCUT2D eigenvalue weighted by Crippen LogP contribution is 2.46. The lowest BCUT2D eigenvalue weighted by Crippen LogP contribution is -2.52. The fourth-order valence-corrected chi connectivity index (χ4v) is 5.57. The topological polar surface area (TPSA) is 74.2 Å². The average Bonchev–Trinajstić information content (AvgIpc) is 3.52. The third-order valence-electron chi connectivity index (χ3n) is 6.45. The average molecular weight is 545 g/mol. The number of halogens is 1. The van der Waals surface area contributed by atoms with Gasteiger partial charge in [0.1, 0.15) is 34.1 Å². The fourth-order valence-electron chi connectivity index (χ4n) is 4.28. The zero-order chi connectivity index (χ0) is 26.4. The van der Waals surface area contributed by atoms with Gasteiger partial charge in [-0.25, -0.2) is 4.39 Å². The molecule has 2 aromatic rings. The van der Waals surface area contributed by atoms with Crippen LogP contribution >= 0.6 is 23.5 Å². The van der Waals surface area contributed by atoms with Gasteiger partial charge in [-0.1, -0.05) is 24.0 Å². The third kappa shape index (κ3) is 6.75. The molecule has 3 heterocycles. The lowest BCUT2D eigenvalue weighted by atomic mass is 10.0. The van der Waals surface area contributed by atoms with Gasteiger partial charge in [0, 0.05) is 49.5 Å². The van der Waals surface area contributed by atoms with Gasteiger partial charge in [0.05, 0.1) is 18.5 Å². The maximum Gasteiger partial charge on any atom is 0.146 e. The molecule has 2 saturated heterocycles. The van der Waals surface area contributed by atoms with Gasteiger partial charge in [0.2, 0.25) is 0 Å². The maximum absolute atomic E-state index is 14.8. The summed E-state index contributed by atoms with van der Waals surface area (Å²) in [6, 6.07) is 12.7. The van der Waals surface area contributed by atoms with Crippen LogP contribution in [0.1, 0.15) is 25.3 Å². The maximum atomic E-state index is 14.8. The molecule has 37 heavy (non-hydrogen) atoms. The predicted octanol–water partition coefficient (Wildman–Crippen LogP) is 4.23. The molecule has 4 unspecified atom stereocenters. The molecule has 3 aliphatic heterocycles.